The van der Waals surface area contributed by atoms with E-state index in [1.165, 1.54) is 37.7 Å². The van der Waals surface area contributed by atoms with Crippen LogP contribution in [0.25, 0.3) is 93.6 Å². The minimum atomic E-state index is -0.209. The van der Waals surface area contributed by atoms with E-state index in [0.717, 1.165) is 49.5 Å². The van der Waals surface area contributed by atoms with Crippen molar-refractivity contribution in [3.63, 3.8) is 0 Å². The molecule has 0 saturated heterocycles. The molecule has 0 unspecified atom stereocenters. The molecule has 0 fully saturated rings. The molecule has 3 aromatic heterocycles. The van der Waals surface area contributed by atoms with Gasteiger partial charge in [-0.1, -0.05) is 129 Å². The summed E-state index contributed by atoms with van der Waals surface area (Å²) in [5.74, 6) is 1.97. The quantitative estimate of drug-likeness (QED) is 0.177. The SMILES string of the molecule is CC1(C)c2ccccc2-c2cccc(-c3nc(-c4ccccc4)nc(-c4ccc(-n5c6ccccc6c6ccc(-c7nc8ccccc8s7)cc65)cc4)n3)c21. The van der Waals surface area contributed by atoms with Crippen LogP contribution in [0.1, 0.15) is 25.0 Å². The topological polar surface area (TPSA) is 56.5 Å². The summed E-state index contributed by atoms with van der Waals surface area (Å²) in [7, 11) is 0. The molecule has 10 aromatic rings. The van der Waals surface area contributed by atoms with Crippen LogP contribution in [0.4, 0.5) is 0 Å². The average Bonchev–Trinajstić information content (AvgIpc) is 3.89. The second-order valence-electron chi connectivity index (χ2n) is 14.7. The highest BCUT2D eigenvalue weighted by molar-refractivity contribution is 7.21. The Morgan fingerprint density at radius 3 is 1.95 bits per heavy atom. The molecule has 0 spiro atoms. The second kappa shape index (κ2) is 12.1. The first-order valence-corrected chi connectivity index (χ1v) is 19.4. The number of fused-ring (bicyclic) bond motifs is 7. The molecule has 0 aliphatic heterocycles. The molecule has 1 aliphatic rings. The van der Waals surface area contributed by atoms with Crippen molar-refractivity contribution < 1.29 is 0 Å². The zero-order valence-electron chi connectivity index (χ0n) is 30.2. The van der Waals surface area contributed by atoms with Gasteiger partial charge in [-0.15, -0.1) is 11.3 Å². The molecule has 1 aliphatic carbocycles. The van der Waals surface area contributed by atoms with Crippen molar-refractivity contribution in [2.24, 2.45) is 0 Å². The number of thiazole rings is 1. The summed E-state index contributed by atoms with van der Waals surface area (Å²) in [5.41, 5.74) is 13.3. The van der Waals surface area contributed by atoms with E-state index >= 15 is 0 Å². The van der Waals surface area contributed by atoms with Gasteiger partial charge < -0.3 is 4.57 Å². The van der Waals surface area contributed by atoms with Crippen LogP contribution in [0.5, 0.6) is 0 Å². The third kappa shape index (κ3) is 4.99. The molecule has 0 amide bonds. The van der Waals surface area contributed by atoms with Crippen molar-refractivity contribution in [2.45, 2.75) is 19.3 Å². The van der Waals surface area contributed by atoms with E-state index in [1.807, 2.05) is 24.3 Å². The Kier molecular flexibility index (Phi) is 7.00. The van der Waals surface area contributed by atoms with Crippen LogP contribution in [0.3, 0.4) is 0 Å². The average molecular weight is 724 g/mol. The molecular formula is C49H33N5S. The minimum absolute atomic E-state index is 0.209. The minimum Gasteiger partial charge on any atom is -0.309 e. The first-order chi connectivity index (χ1) is 27.0. The Labute approximate surface area is 322 Å². The fourth-order valence-electron chi connectivity index (χ4n) is 8.51. The molecule has 0 bridgehead atoms. The summed E-state index contributed by atoms with van der Waals surface area (Å²) in [5, 5.41) is 3.44. The predicted molar refractivity (Wildman–Crippen MR) is 227 cm³/mol. The van der Waals surface area contributed by atoms with Gasteiger partial charge in [-0.25, -0.2) is 19.9 Å². The Hall–Kier alpha value is -6.76. The van der Waals surface area contributed by atoms with Crippen molar-refractivity contribution in [1.29, 1.82) is 0 Å². The van der Waals surface area contributed by atoms with Gasteiger partial charge in [0.1, 0.15) is 5.01 Å². The maximum atomic E-state index is 5.23. The van der Waals surface area contributed by atoms with E-state index < -0.39 is 0 Å². The van der Waals surface area contributed by atoms with E-state index in [1.54, 1.807) is 11.3 Å². The van der Waals surface area contributed by atoms with Crippen LogP contribution in [0.2, 0.25) is 0 Å². The van der Waals surface area contributed by atoms with Crippen molar-refractivity contribution >= 4 is 43.4 Å². The molecule has 11 rings (SSSR count). The van der Waals surface area contributed by atoms with Crippen molar-refractivity contribution in [3.8, 4) is 61.5 Å². The number of para-hydroxylation sites is 2. The number of benzene rings is 7. The molecular weight excluding hydrogens is 691 g/mol. The second-order valence-corrected chi connectivity index (χ2v) is 15.7. The summed E-state index contributed by atoms with van der Waals surface area (Å²) >= 11 is 1.73. The summed E-state index contributed by atoms with van der Waals surface area (Å²) in [6.45, 7) is 4.60. The maximum Gasteiger partial charge on any atom is 0.164 e. The molecule has 0 atom stereocenters. The third-order valence-electron chi connectivity index (χ3n) is 11.1. The van der Waals surface area contributed by atoms with Gasteiger partial charge in [-0.2, -0.15) is 0 Å². The maximum absolute atomic E-state index is 5.23. The fourth-order valence-corrected chi connectivity index (χ4v) is 9.47. The molecule has 7 aromatic carbocycles. The monoisotopic (exact) mass is 723 g/mol. The lowest BCUT2D eigenvalue weighted by Crippen LogP contribution is -2.17. The highest BCUT2D eigenvalue weighted by atomic mass is 32.1. The van der Waals surface area contributed by atoms with E-state index in [-0.39, 0.29) is 5.41 Å². The fraction of sp³-hybridized carbons (Fsp3) is 0.0612. The standard InChI is InChI=1S/C49H33N5S/c1-49(2)39-19-8-6-15-34(39)37-17-12-18-38(44(37)49)47-52-45(30-13-4-3-5-14-30)51-46(53-47)31-23-26-33(27-24-31)54-41-21-10-7-16-35(41)36-28-25-32(29-42(36)54)48-50-40-20-9-11-22-43(40)55-48/h3-29H,1-2H3. The number of hydrogen-bond donors (Lipinski definition) is 0. The third-order valence-corrected chi connectivity index (χ3v) is 12.2. The molecule has 6 heteroatoms. The molecule has 0 saturated carbocycles. The number of aromatic nitrogens is 5. The molecule has 5 nitrogen and oxygen atoms in total. The highest BCUT2D eigenvalue weighted by Crippen LogP contribution is 2.51. The largest absolute Gasteiger partial charge is 0.309 e. The Balaban J connectivity index is 1.05. The van der Waals surface area contributed by atoms with Gasteiger partial charge in [-0.05, 0) is 70.8 Å². The first kappa shape index (κ1) is 31.7. The lowest BCUT2D eigenvalue weighted by molar-refractivity contribution is 0.661. The lowest BCUT2D eigenvalue weighted by atomic mass is 9.80. The van der Waals surface area contributed by atoms with Crippen molar-refractivity contribution in [2.75, 3.05) is 0 Å². The van der Waals surface area contributed by atoms with Crippen LogP contribution < -0.4 is 0 Å². The van der Waals surface area contributed by atoms with E-state index in [0.29, 0.717) is 17.5 Å². The summed E-state index contributed by atoms with van der Waals surface area (Å²) in [6, 6.07) is 57.7. The van der Waals surface area contributed by atoms with E-state index in [4.69, 9.17) is 19.9 Å². The van der Waals surface area contributed by atoms with Crippen LogP contribution in [-0.2, 0) is 5.41 Å². The van der Waals surface area contributed by atoms with Crippen LogP contribution in [-0.4, -0.2) is 24.5 Å². The molecule has 260 valence electrons. The normalized spacial score (nSPS) is 13.1. The smallest absolute Gasteiger partial charge is 0.164 e. The van der Waals surface area contributed by atoms with Gasteiger partial charge >= 0.3 is 0 Å². The Morgan fingerprint density at radius 1 is 0.473 bits per heavy atom. The Morgan fingerprint density at radius 2 is 1.11 bits per heavy atom. The number of hydrogen-bond acceptors (Lipinski definition) is 5. The van der Waals surface area contributed by atoms with Crippen LogP contribution in [0, 0.1) is 0 Å². The first-order valence-electron chi connectivity index (χ1n) is 18.6. The Bertz CT molecular complexity index is 3090. The van der Waals surface area contributed by atoms with Crippen LogP contribution in [0.15, 0.2) is 164 Å². The van der Waals surface area contributed by atoms with Gasteiger partial charge in [0, 0.05) is 44.1 Å². The van der Waals surface area contributed by atoms with Gasteiger partial charge in [0.2, 0.25) is 0 Å². The van der Waals surface area contributed by atoms with Gasteiger partial charge in [0.05, 0.1) is 21.3 Å². The zero-order valence-corrected chi connectivity index (χ0v) is 31.0. The lowest BCUT2D eigenvalue weighted by Gasteiger charge is -2.24. The molecule has 55 heavy (non-hydrogen) atoms. The molecule has 0 N–H and O–H groups in total. The molecule has 0 radical (unpaired) electrons. The van der Waals surface area contributed by atoms with Gasteiger partial charge in [0.15, 0.2) is 17.5 Å². The van der Waals surface area contributed by atoms with E-state index in [2.05, 4.69) is 158 Å². The molecule has 3 heterocycles. The van der Waals surface area contributed by atoms with Crippen LogP contribution >= 0.6 is 11.3 Å². The highest BCUT2D eigenvalue weighted by Gasteiger charge is 2.38. The number of nitrogens with zero attached hydrogens (tertiary/aromatic N) is 5. The summed E-state index contributed by atoms with van der Waals surface area (Å²) in [4.78, 5) is 20.4. The van der Waals surface area contributed by atoms with Gasteiger partial charge in [-0.3, -0.25) is 0 Å². The summed E-state index contributed by atoms with van der Waals surface area (Å²) < 4.78 is 3.54. The number of rotatable bonds is 5. The predicted octanol–water partition coefficient (Wildman–Crippen LogP) is 12.6. The van der Waals surface area contributed by atoms with Crippen molar-refractivity contribution in [3.05, 3.63) is 175 Å². The van der Waals surface area contributed by atoms with Crippen molar-refractivity contribution in [1.82, 2.24) is 24.5 Å². The van der Waals surface area contributed by atoms with Gasteiger partial charge in [0.25, 0.3) is 0 Å². The van der Waals surface area contributed by atoms with E-state index in [9.17, 15) is 0 Å². The summed E-state index contributed by atoms with van der Waals surface area (Å²) in [6.07, 6.45) is 0. The zero-order chi connectivity index (χ0) is 36.7.